The van der Waals surface area contributed by atoms with Crippen molar-refractivity contribution in [3.63, 3.8) is 0 Å². The number of carbonyl (C=O) groups is 1. The van der Waals surface area contributed by atoms with E-state index in [4.69, 9.17) is 5.73 Å². The predicted molar refractivity (Wildman–Crippen MR) is 83.8 cm³/mol. The van der Waals surface area contributed by atoms with Gasteiger partial charge in [0.25, 0.3) is 5.91 Å². The van der Waals surface area contributed by atoms with E-state index in [0.29, 0.717) is 6.04 Å². The molecule has 3 N–H and O–H groups in total. The summed E-state index contributed by atoms with van der Waals surface area (Å²) in [4.78, 5) is 12.2. The first kappa shape index (κ1) is 16.5. The lowest BCUT2D eigenvalue weighted by Crippen LogP contribution is -2.40. The Hall–Kier alpha value is -0.580. The van der Waals surface area contributed by atoms with E-state index in [2.05, 4.69) is 21.2 Å². The Labute approximate surface area is 128 Å². The van der Waals surface area contributed by atoms with Crippen LogP contribution in [-0.4, -0.2) is 18.0 Å². The maximum absolute atomic E-state index is 12.2. The highest BCUT2D eigenvalue weighted by atomic mass is 79.9. The number of hydrogen-bond donors (Lipinski definition) is 2. The molecule has 1 amide bonds. The largest absolute Gasteiger partial charge is 0.349 e. The molecule has 0 atom stereocenters. The average Bonchev–Trinajstić information content (AvgIpc) is 2.35. The van der Waals surface area contributed by atoms with Gasteiger partial charge in [0.05, 0.1) is 0 Å². The highest BCUT2D eigenvalue weighted by Gasteiger charge is 2.21. The molecule has 2 rings (SSSR count). The van der Waals surface area contributed by atoms with Crippen LogP contribution in [0.4, 0.5) is 0 Å². The van der Waals surface area contributed by atoms with E-state index in [1.54, 1.807) is 0 Å². The summed E-state index contributed by atoms with van der Waals surface area (Å²) in [5.74, 6) is 0.0225. The second kappa shape index (κ2) is 7.27. The van der Waals surface area contributed by atoms with Crippen LogP contribution in [0, 0.1) is 6.92 Å². The third-order valence-electron chi connectivity index (χ3n) is 3.62. The molecule has 1 aromatic rings. The van der Waals surface area contributed by atoms with Crippen LogP contribution in [0.2, 0.25) is 0 Å². The third-order valence-corrected chi connectivity index (χ3v) is 4.48. The van der Waals surface area contributed by atoms with Crippen LogP contribution in [0.3, 0.4) is 0 Å². The van der Waals surface area contributed by atoms with Crippen LogP contribution in [0.25, 0.3) is 0 Å². The summed E-state index contributed by atoms with van der Waals surface area (Å²) in [6.45, 7) is 1.95. The fourth-order valence-electron chi connectivity index (χ4n) is 2.38. The van der Waals surface area contributed by atoms with Crippen molar-refractivity contribution in [2.24, 2.45) is 5.73 Å². The fourth-order valence-corrected chi connectivity index (χ4v) is 2.75. The number of nitrogens with one attached hydrogen (secondary N) is 1. The van der Waals surface area contributed by atoms with Crippen molar-refractivity contribution in [1.29, 1.82) is 0 Å². The zero-order valence-corrected chi connectivity index (χ0v) is 13.4. The van der Waals surface area contributed by atoms with Gasteiger partial charge in [0.1, 0.15) is 0 Å². The monoisotopic (exact) mass is 346 g/mol. The van der Waals surface area contributed by atoms with Gasteiger partial charge in [0.15, 0.2) is 0 Å². The van der Waals surface area contributed by atoms with Gasteiger partial charge in [-0.1, -0.05) is 22.0 Å². The van der Waals surface area contributed by atoms with Crippen molar-refractivity contribution in [2.45, 2.75) is 44.7 Å². The molecule has 106 valence electrons. The second-order valence-electron chi connectivity index (χ2n) is 5.00. The van der Waals surface area contributed by atoms with E-state index < -0.39 is 0 Å². The summed E-state index contributed by atoms with van der Waals surface area (Å²) in [6, 6.07) is 6.29. The lowest BCUT2D eigenvalue weighted by atomic mass is 9.91. The lowest BCUT2D eigenvalue weighted by molar-refractivity contribution is 0.0925. The van der Waals surface area contributed by atoms with E-state index in [0.717, 1.165) is 41.3 Å². The van der Waals surface area contributed by atoms with Gasteiger partial charge in [-0.15, -0.1) is 12.4 Å². The Morgan fingerprint density at radius 2 is 1.95 bits per heavy atom. The van der Waals surface area contributed by atoms with Crippen molar-refractivity contribution in [2.75, 3.05) is 0 Å². The van der Waals surface area contributed by atoms with E-state index in [1.165, 1.54) is 0 Å². The van der Waals surface area contributed by atoms with Crippen LogP contribution < -0.4 is 11.1 Å². The Balaban J connectivity index is 0.00000180. The van der Waals surface area contributed by atoms with Crippen molar-refractivity contribution in [3.05, 3.63) is 33.8 Å². The van der Waals surface area contributed by atoms with Gasteiger partial charge in [0, 0.05) is 22.1 Å². The van der Waals surface area contributed by atoms with E-state index in [1.807, 2.05) is 25.1 Å². The zero-order valence-electron chi connectivity index (χ0n) is 11.0. The molecular weight excluding hydrogens is 328 g/mol. The number of benzene rings is 1. The van der Waals surface area contributed by atoms with Crippen LogP contribution in [0.15, 0.2) is 22.7 Å². The lowest BCUT2D eigenvalue weighted by Gasteiger charge is -2.27. The molecule has 1 aliphatic rings. The molecule has 0 bridgehead atoms. The molecule has 1 aliphatic carbocycles. The van der Waals surface area contributed by atoms with Crippen molar-refractivity contribution < 1.29 is 4.79 Å². The first-order valence-electron chi connectivity index (χ1n) is 6.39. The summed E-state index contributed by atoms with van der Waals surface area (Å²) >= 11 is 3.45. The number of rotatable bonds is 2. The molecule has 5 heteroatoms. The number of amides is 1. The molecule has 0 aromatic heterocycles. The van der Waals surface area contributed by atoms with Gasteiger partial charge in [0.2, 0.25) is 0 Å². The minimum absolute atomic E-state index is 0. The summed E-state index contributed by atoms with van der Waals surface area (Å²) in [5, 5.41) is 3.11. The zero-order chi connectivity index (χ0) is 13.1. The molecule has 0 radical (unpaired) electrons. The standard InChI is InChI=1S/C14H19BrN2O.ClH/c1-9-12(3-2-4-13(9)15)14(18)17-11-7-5-10(16)6-8-11;/h2-4,10-11H,5-8,16H2,1H3,(H,17,18);1H. The van der Waals surface area contributed by atoms with Crippen molar-refractivity contribution in [1.82, 2.24) is 5.32 Å². The second-order valence-corrected chi connectivity index (χ2v) is 5.85. The first-order chi connectivity index (χ1) is 8.58. The normalized spacial score (nSPS) is 22.5. The summed E-state index contributed by atoms with van der Waals surface area (Å²) in [5.41, 5.74) is 7.60. The van der Waals surface area contributed by atoms with E-state index in [-0.39, 0.29) is 24.4 Å². The molecule has 19 heavy (non-hydrogen) atoms. The minimum Gasteiger partial charge on any atom is -0.349 e. The van der Waals surface area contributed by atoms with E-state index in [9.17, 15) is 4.79 Å². The molecule has 3 nitrogen and oxygen atoms in total. The Morgan fingerprint density at radius 1 is 1.32 bits per heavy atom. The maximum Gasteiger partial charge on any atom is 0.251 e. The third kappa shape index (κ3) is 4.20. The fraction of sp³-hybridized carbons (Fsp3) is 0.500. The highest BCUT2D eigenvalue weighted by Crippen LogP contribution is 2.21. The topological polar surface area (TPSA) is 55.1 Å². The maximum atomic E-state index is 12.2. The van der Waals surface area contributed by atoms with Crippen molar-refractivity contribution in [3.8, 4) is 0 Å². The number of nitrogens with two attached hydrogens (primary N) is 1. The smallest absolute Gasteiger partial charge is 0.251 e. The van der Waals surface area contributed by atoms with Crippen LogP contribution >= 0.6 is 28.3 Å². The molecule has 0 saturated heterocycles. The van der Waals surface area contributed by atoms with Crippen LogP contribution in [0.1, 0.15) is 41.6 Å². The number of halogens is 2. The summed E-state index contributed by atoms with van der Waals surface area (Å²) < 4.78 is 0.973. The van der Waals surface area contributed by atoms with Crippen LogP contribution in [0.5, 0.6) is 0 Å². The SMILES string of the molecule is Cc1c(Br)cccc1C(=O)NC1CCC(N)CC1.Cl. The predicted octanol–water partition coefficient (Wildman–Crippen LogP) is 3.18. The molecular formula is C14H20BrClN2O. The molecule has 0 spiro atoms. The summed E-state index contributed by atoms with van der Waals surface area (Å²) in [7, 11) is 0. The molecule has 1 aromatic carbocycles. The summed E-state index contributed by atoms with van der Waals surface area (Å²) in [6.07, 6.45) is 3.98. The van der Waals surface area contributed by atoms with Crippen molar-refractivity contribution >= 4 is 34.2 Å². The first-order valence-corrected chi connectivity index (χ1v) is 7.19. The van der Waals surface area contributed by atoms with Gasteiger partial charge < -0.3 is 11.1 Å². The van der Waals surface area contributed by atoms with Gasteiger partial charge >= 0.3 is 0 Å². The highest BCUT2D eigenvalue weighted by molar-refractivity contribution is 9.10. The molecule has 1 fully saturated rings. The quantitative estimate of drug-likeness (QED) is 0.863. The van der Waals surface area contributed by atoms with E-state index >= 15 is 0 Å². The average molecular weight is 348 g/mol. The van der Waals surface area contributed by atoms with Gasteiger partial charge in [-0.05, 0) is 50.3 Å². The molecule has 0 heterocycles. The number of carbonyl (C=O) groups excluding carboxylic acids is 1. The Kier molecular flexibility index (Phi) is 6.30. The van der Waals surface area contributed by atoms with Gasteiger partial charge in [-0.3, -0.25) is 4.79 Å². The number of hydrogen-bond acceptors (Lipinski definition) is 2. The molecule has 0 aliphatic heterocycles. The van der Waals surface area contributed by atoms with Crippen LogP contribution in [-0.2, 0) is 0 Å². The molecule has 1 saturated carbocycles. The van der Waals surface area contributed by atoms with Gasteiger partial charge in [-0.25, -0.2) is 0 Å². The minimum atomic E-state index is 0. The Morgan fingerprint density at radius 3 is 2.58 bits per heavy atom. The van der Waals surface area contributed by atoms with Gasteiger partial charge in [-0.2, -0.15) is 0 Å². The Bertz CT molecular complexity index is 445. The molecule has 0 unspecified atom stereocenters.